The fourth-order valence-corrected chi connectivity index (χ4v) is 9.43. The van der Waals surface area contributed by atoms with Gasteiger partial charge in [0, 0.05) is 28.0 Å². The number of allylic oxidation sites excluding steroid dienone is 4. The second-order valence-electron chi connectivity index (χ2n) is 13.4. The van der Waals surface area contributed by atoms with Crippen molar-refractivity contribution in [2.45, 2.75) is 70.2 Å². The van der Waals surface area contributed by atoms with Crippen LogP contribution in [0.25, 0.3) is 0 Å². The van der Waals surface area contributed by atoms with Crippen molar-refractivity contribution in [1.82, 2.24) is 0 Å². The number of carbonyl (C=O) groups excluding carboxylic acids is 2. The van der Waals surface area contributed by atoms with Gasteiger partial charge in [0.05, 0.1) is 12.2 Å². The molecule has 1 aliphatic heterocycles. The molecule has 0 bridgehead atoms. The number of aliphatic hydroxyl groups excluding tert-OH is 2. The first-order chi connectivity index (χ1) is 20.6. The Balaban J connectivity index is 1.17. The Labute approximate surface area is 251 Å². The molecule has 8 nitrogen and oxygen atoms in total. The van der Waals surface area contributed by atoms with Gasteiger partial charge in [-0.15, -0.1) is 0 Å². The maximum absolute atomic E-state index is 13.8. The predicted molar refractivity (Wildman–Crippen MR) is 159 cm³/mol. The third-order valence-electron chi connectivity index (χ3n) is 11.3. The molecule has 4 aliphatic carbocycles. The number of fused-ring (bicyclic) bond motifs is 7. The number of carbonyl (C=O) groups is 2. The summed E-state index contributed by atoms with van der Waals surface area (Å²) in [6.07, 6.45) is 5.74. The van der Waals surface area contributed by atoms with E-state index in [1.807, 2.05) is 61.5 Å². The van der Waals surface area contributed by atoms with Crippen molar-refractivity contribution in [3.05, 3.63) is 83.5 Å². The van der Waals surface area contributed by atoms with Crippen LogP contribution in [0.1, 0.15) is 56.9 Å². The smallest absolute Gasteiger partial charge is 0.193 e. The van der Waals surface area contributed by atoms with Crippen LogP contribution < -0.4 is 10.5 Å². The first-order valence-electron chi connectivity index (χ1n) is 15.3. The second-order valence-corrected chi connectivity index (χ2v) is 13.4. The summed E-state index contributed by atoms with van der Waals surface area (Å²) in [6.45, 7) is 3.84. The van der Waals surface area contributed by atoms with Crippen molar-refractivity contribution in [3.63, 3.8) is 0 Å². The second kappa shape index (κ2) is 10.1. The molecule has 0 aromatic heterocycles. The molecular formula is C35H39NO7. The fourth-order valence-electron chi connectivity index (χ4n) is 9.43. The molecule has 5 aliphatic rings. The van der Waals surface area contributed by atoms with Crippen LogP contribution in [0.4, 0.5) is 5.69 Å². The van der Waals surface area contributed by atoms with Gasteiger partial charge >= 0.3 is 0 Å². The maximum Gasteiger partial charge on any atom is 0.193 e. The van der Waals surface area contributed by atoms with Crippen LogP contribution in [0.15, 0.2) is 72.3 Å². The van der Waals surface area contributed by atoms with Crippen LogP contribution in [-0.4, -0.2) is 46.2 Å². The van der Waals surface area contributed by atoms with Crippen LogP contribution in [0.3, 0.4) is 0 Å². The molecule has 1 heterocycles. The molecule has 2 aromatic carbocycles. The molecule has 9 atom stereocenters. The zero-order chi connectivity index (χ0) is 30.1. The standard InChI is InChI=1S/C35H39NO7/c1-33-12-11-24(38)15-22(33)9-10-26-27-16-30-35(29(40)18-37,34(27,2)17-28(39)31(26)33)43-32(42-30)21-6-4-8-25(14-21)41-19-20-5-3-7-23(36)13-20/h3-8,11-15,26-28,30-32,37,39H,9-10,16-19,36H2,1-2H3/t26-,27-,28-,30+,31+,32+,33-,34-,35+/m0/s1. The highest BCUT2D eigenvalue weighted by Crippen LogP contribution is 2.70. The number of rotatable bonds is 6. The van der Waals surface area contributed by atoms with Gasteiger partial charge < -0.3 is 30.2 Å². The molecule has 1 saturated heterocycles. The quantitative estimate of drug-likeness (QED) is 0.425. The topological polar surface area (TPSA) is 128 Å². The average Bonchev–Trinajstić information content (AvgIpc) is 3.49. The van der Waals surface area contributed by atoms with Gasteiger partial charge in [0.2, 0.25) is 0 Å². The lowest BCUT2D eigenvalue weighted by molar-refractivity contribution is -0.201. The minimum Gasteiger partial charge on any atom is -0.489 e. The SMILES string of the molecule is C[C@]12C=CC(=O)C=C1CC[C@@H]1[C@@H]2[C@@H](O)C[C@@]2(C)[C@H]1C[C@H]1O[C@@H](c3cccc(OCc4cccc(N)c4)c3)O[C@]12C(=O)CO. The van der Waals surface area contributed by atoms with E-state index in [2.05, 4.69) is 6.92 Å². The lowest BCUT2D eigenvalue weighted by Crippen LogP contribution is -2.63. The normalized spacial score (nSPS) is 39.3. The van der Waals surface area contributed by atoms with Crippen LogP contribution in [-0.2, 0) is 25.7 Å². The molecule has 0 spiro atoms. The lowest BCUT2D eigenvalue weighted by atomic mass is 9.46. The minimum absolute atomic E-state index is 0.00368. The van der Waals surface area contributed by atoms with Crippen LogP contribution in [0.5, 0.6) is 5.75 Å². The number of anilines is 1. The van der Waals surface area contributed by atoms with E-state index >= 15 is 0 Å². The van der Waals surface area contributed by atoms with Crippen molar-refractivity contribution < 1.29 is 34.0 Å². The van der Waals surface area contributed by atoms with Crippen molar-refractivity contribution in [3.8, 4) is 5.75 Å². The zero-order valence-electron chi connectivity index (χ0n) is 24.6. The lowest BCUT2D eigenvalue weighted by Gasteiger charge is -2.59. The molecule has 226 valence electrons. The van der Waals surface area contributed by atoms with Crippen molar-refractivity contribution in [2.24, 2.45) is 28.6 Å². The minimum atomic E-state index is -1.39. The van der Waals surface area contributed by atoms with Gasteiger partial charge in [-0.1, -0.05) is 49.8 Å². The van der Waals surface area contributed by atoms with Gasteiger partial charge in [0.25, 0.3) is 0 Å². The Kier molecular flexibility index (Phi) is 6.70. The Hall–Kier alpha value is -3.30. The van der Waals surface area contributed by atoms with Crippen molar-refractivity contribution >= 4 is 17.3 Å². The summed E-state index contributed by atoms with van der Waals surface area (Å²) in [7, 11) is 0. The summed E-state index contributed by atoms with van der Waals surface area (Å²) in [5.74, 6) is 0.285. The van der Waals surface area contributed by atoms with Gasteiger partial charge in [0.15, 0.2) is 23.5 Å². The number of nitrogen functional groups attached to an aromatic ring is 1. The molecule has 43 heavy (non-hydrogen) atoms. The highest BCUT2D eigenvalue weighted by atomic mass is 16.7. The van der Waals surface area contributed by atoms with Crippen molar-refractivity contribution in [2.75, 3.05) is 12.3 Å². The zero-order valence-corrected chi connectivity index (χ0v) is 24.6. The van der Waals surface area contributed by atoms with E-state index in [-0.39, 0.29) is 23.5 Å². The van der Waals surface area contributed by atoms with Gasteiger partial charge in [0.1, 0.15) is 19.0 Å². The highest BCUT2D eigenvalue weighted by molar-refractivity contribution is 6.01. The number of benzene rings is 2. The molecule has 8 heteroatoms. The molecule has 0 radical (unpaired) electrons. The molecule has 0 unspecified atom stereocenters. The number of Topliss-reactive ketones (excluding diaryl/α,β-unsaturated/α-hetero) is 1. The molecule has 0 amide bonds. The molecule has 3 saturated carbocycles. The van der Waals surface area contributed by atoms with E-state index in [0.717, 1.165) is 29.5 Å². The summed E-state index contributed by atoms with van der Waals surface area (Å²) in [5.41, 5.74) is 6.76. The Morgan fingerprint density at radius 1 is 1.16 bits per heavy atom. The highest BCUT2D eigenvalue weighted by Gasteiger charge is 2.75. The van der Waals surface area contributed by atoms with E-state index in [9.17, 15) is 19.8 Å². The summed E-state index contributed by atoms with van der Waals surface area (Å²) in [6, 6.07) is 15.0. The van der Waals surface area contributed by atoms with Crippen LogP contribution in [0.2, 0.25) is 0 Å². The van der Waals surface area contributed by atoms with Gasteiger partial charge in [-0.2, -0.15) is 0 Å². The van der Waals surface area contributed by atoms with Gasteiger partial charge in [-0.3, -0.25) is 9.59 Å². The van der Waals surface area contributed by atoms with Gasteiger partial charge in [-0.25, -0.2) is 0 Å². The van der Waals surface area contributed by atoms with E-state index in [1.165, 1.54) is 0 Å². The monoisotopic (exact) mass is 585 g/mol. The van der Waals surface area contributed by atoms with E-state index < -0.39 is 47.3 Å². The Morgan fingerprint density at radius 3 is 2.77 bits per heavy atom. The molecular weight excluding hydrogens is 546 g/mol. The van der Waals surface area contributed by atoms with E-state index in [1.54, 1.807) is 12.2 Å². The molecule has 7 rings (SSSR count). The summed E-state index contributed by atoms with van der Waals surface area (Å²) < 4.78 is 19.3. The maximum atomic E-state index is 13.8. The fraction of sp³-hybridized carbons (Fsp3) is 0.486. The Morgan fingerprint density at radius 2 is 1.98 bits per heavy atom. The largest absolute Gasteiger partial charge is 0.489 e. The molecule has 4 fully saturated rings. The van der Waals surface area contributed by atoms with Gasteiger partial charge in [-0.05, 0) is 79.5 Å². The molecule has 4 N–H and O–H groups in total. The van der Waals surface area contributed by atoms with Crippen LogP contribution >= 0.6 is 0 Å². The third kappa shape index (κ3) is 4.18. The van der Waals surface area contributed by atoms with E-state index in [0.29, 0.717) is 30.9 Å². The average molecular weight is 586 g/mol. The number of hydrogen-bond donors (Lipinski definition) is 3. The summed E-state index contributed by atoms with van der Waals surface area (Å²) in [5, 5.41) is 22.1. The molecule has 2 aromatic rings. The number of ether oxygens (including phenoxy) is 3. The summed E-state index contributed by atoms with van der Waals surface area (Å²) in [4.78, 5) is 25.9. The Bertz CT molecular complexity index is 1530. The number of hydrogen-bond acceptors (Lipinski definition) is 8. The van der Waals surface area contributed by atoms with E-state index in [4.69, 9.17) is 19.9 Å². The predicted octanol–water partition coefficient (Wildman–Crippen LogP) is 4.45. The number of ketones is 2. The third-order valence-corrected chi connectivity index (χ3v) is 11.3. The number of aliphatic hydroxyl groups is 2. The van der Waals surface area contributed by atoms with Crippen molar-refractivity contribution in [1.29, 1.82) is 0 Å². The first kappa shape index (κ1) is 28.5. The first-order valence-corrected chi connectivity index (χ1v) is 15.3. The number of nitrogens with two attached hydrogens (primary N) is 1. The van der Waals surface area contributed by atoms with Crippen LogP contribution in [0, 0.1) is 28.6 Å². The summed E-state index contributed by atoms with van der Waals surface area (Å²) >= 11 is 0.